The number of alkyl halides is 2. The molecule has 0 amide bonds. The van der Waals surface area contributed by atoms with E-state index in [4.69, 9.17) is 0 Å². The van der Waals surface area contributed by atoms with Crippen LogP contribution in [-0.2, 0) is 0 Å². The zero-order valence-electron chi connectivity index (χ0n) is 8.18. The minimum Gasteiger partial charge on any atom is -0.292 e. The van der Waals surface area contributed by atoms with Gasteiger partial charge in [0.2, 0.25) is 0 Å². The summed E-state index contributed by atoms with van der Waals surface area (Å²) >= 11 is 6.74. The van der Waals surface area contributed by atoms with Crippen LogP contribution in [0.4, 0.5) is 0 Å². The molecule has 0 saturated carbocycles. The van der Waals surface area contributed by atoms with E-state index in [1.54, 1.807) is 0 Å². The van der Waals surface area contributed by atoms with Crippen molar-refractivity contribution in [2.24, 2.45) is 0 Å². The van der Waals surface area contributed by atoms with Gasteiger partial charge in [0, 0.05) is 5.56 Å². The van der Waals surface area contributed by atoms with Gasteiger partial charge in [-0.3, -0.25) is 4.79 Å². The van der Waals surface area contributed by atoms with E-state index in [0.717, 1.165) is 11.1 Å². The van der Waals surface area contributed by atoms with Gasteiger partial charge in [-0.2, -0.15) is 0 Å². The fraction of sp³-hybridized carbons (Fsp3) is 0.364. The van der Waals surface area contributed by atoms with E-state index in [-0.39, 0.29) is 5.78 Å². The van der Waals surface area contributed by atoms with E-state index in [0.29, 0.717) is 6.42 Å². The van der Waals surface area contributed by atoms with Crippen LogP contribution in [0.25, 0.3) is 0 Å². The third kappa shape index (κ3) is 2.67. The molecule has 0 spiro atoms. The van der Waals surface area contributed by atoms with E-state index in [1.807, 2.05) is 38.1 Å². The highest BCUT2D eigenvalue weighted by molar-refractivity contribution is 9.25. The molecule has 0 aliphatic heterocycles. The van der Waals surface area contributed by atoms with Crippen LogP contribution in [-0.4, -0.2) is 9.02 Å². The number of benzene rings is 1. The molecular formula is C11H12Br2O. The van der Waals surface area contributed by atoms with Crippen LogP contribution in [0.2, 0.25) is 0 Å². The molecule has 0 saturated heterocycles. The summed E-state index contributed by atoms with van der Waals surface area (Å²) in [5.41, 5.74) is 1.89. The maximum absolute atomic E-state index is 11.9. The summed E-state index contributed by atoms with van der Waals surface area (Å²) in [6.45, 7) is 3.96. The van der Waals surface area contributed by atoms with Crippen LogP contribution in [0.1, 0.15) is 29.3 Å². The van der Waals surface area contributed by atoms with Crippen molar-refractivity contribution in [3.05, 3.63) is 35.4 Å². The molecule has 0 heterocycles. The predicted octanol–water partition coefficient (Wildman–Crippen LogP) is 4.07. The molecule has 0 radical (unpaired) electrons. The van der Waals surface area contributed by atoms with Gasteiger partial charge in [0.1, 0.15) is 3.23 Å². The number of ketones is 1. The Kier molecular flexibility index (Phi) is 3.90. The van der Waals surface area contributed by atoms with Gasteiger partial charge in [0.25, 0.3) is 0 Å². The standard InChI is InChI=1S/C11H12Br2O/c1-3-11(12,13)10(14)9-6-4-8(2)5-7-9/h4-7H,3H2,1-2H3. The molecule has 0 aromatic heterocycles. The van der Waals surface area contributed by atoms with Gasteiger partial charge in [-0.25, -0.2) is 0 Å². The van der Waals surface area contributed by atoms with Crippen molar-refractivity contribution in [2.45, 2.75) is 23.5 Å². The summed E-state index contributed by atoms with van der Waals surface area (Å²) < 4.78 is -0.616. The molecule has 0 aliphatic carbocycles. The minimum atomic E-state index is -0.616. The maximum Gasteiger partial charge on any atom is 0.190 e. The first-order valence-corrected chi connectivity index (χ1v) is 6.05. The lowest BCUT2D eigenvalue weighted by Crippen LogP contribution is -2.23. The molecule has 0 atom stereocenters. The third-order valence-corrected chi connectivity index (χ3v) is 3.93. The number of carbonyl (C=O) groups is 1. The lowest BCUT2D eigenvalue weighted by molar-refractivity contribution is 0.0981. The molecule has 1 rings (SSSR count). The zero-order valence-corrected chi connectivity index (χ0v) is 11.4. The largest absolute Gasteiger partial charge is 0.292 e. The fourth-order valence-corrected chi connectivity index (χ4v) is 1.53. The van der Waals surface area contributed by atoms with Crippen molar-refractivity contribution in [1.29, 1.82) is 0 Å². The van der Waals surface area contributed by atoms with E-state index in [9.17, 15) is 4.79 Å². The van der Waals surface area contributed by atoms with E-state index in [1.165, 1.54) is 0 Å². The number of carbonyl (C=O) groups excluding carboxylic acids is 1. The van der Waals surface area contributed by atoms with Crippen LogP contribution in [0.3, 0.4) is 0 Å². The smallest absolute Gasteiger partial charge is 0.190 e. The molecule has 0 bridgehead atoms. The van der Waals surface area contributed by atoms with Crippen LogP contribution in [0, 0.1) is 6.92 Å². The highest BCUT2D eigenvalue weighted by Crippen LogP contribution is 2.33. The van der Waals surface area contributed by atoms with Crippen LogP contribution in [0.15, 0.2) is 24.3 Å². The fourth-order valence-electron chi connectivity index (χ4n) is 1.08. The highest BCUT2D eigenvalue weighted by Gasteiger charge is 2.30. The van der Waals surface area contributed by atoms with Gasteiger partial charge >= 0.3 is 0 Å². The van der Waals surface area contributed by atoms with Crippen LogP contribution in [0.5, 0.6) is 0 Å². The van der Waals surface area contributed by atoms with Gasteiger partial charge < -0.3 is 0 Å². The van der Waals surface area contributed by atoms with E-state index >= 15 is 0 Å². The van der Waals surface area contributed by atoms with Gasteiger partial charge in [0.05, 0.1) is 0 Å². The van der Waals surface area contributed by atoms with Crippen molar-refractivity contribution in [1.82, 2.24) is 0 Å². The van der Waals surface area contributed by atoms with E-state index in [2.05, 4.69) is 31.9 Å². The van der Waals surface area contributed by atoms with Crippen molar-refractivity contribution < 1.29 is 4.79 Å². The molecule has 1 nitrogen and oxygen atoms in total. The first-order chi connectivity index (χ1) is 6.47. The Morgan fingerprint density at radius 2 is 1.79 bits per heavy atom. The second-order valence-electron chi connectivity index (χ2n) is 3.25. The third-order valence-electron chi connectivity index (χ3n) is 2.09. The van der Waals surface area contributed by atoms with Gasteiger partial charge in [-0.15, -0.1) is 0 Å². The maximum atomic E-state index is 11.9. The molecule has 1 aromatic rings. The predicted molar refractivity (Wildman–Crippen MR) is 66.4 cm³/mol. The average Bonchev–Trinajstić information content (AvgIpc) is 2.18. The molecular weight excluding hydrogens is 308 g/mol. The topological polar surface area (TPSA) is 17.1 Å². The second-order valence-corrected chi connectivity index (χ2v) is 7.02. The lowest BCUT2D eigenvalue weighted by Gasteiger charge is -2.16. The normalized spacial score (nSPS) is 11.4. The number of halogens is 2. The molecule has 0 N–H and O–H groups in total. The summed E-state index contributed by atoms with van der Waals surface area (Å²) in [5.74, 6) is 0.0694. The van der Waals surface area contributed by atoms with Crippen LogP contribution >= 0.6 is 31.9 Å². The Morgan fingerprint density at radius 3 is 2.21 bits per heavy atom. The zero-order chi connectivity index (χ0) is 10.8. The molecule has 14 heavy (non-hydrogen) atoms. The number of hydrogen-bond donors (Lipinski definition) is 0. The Hall–Kier alpha value is -0.150. The lowest BCUT2D eigenvalue weighted by atomic mass is 10.1. The Bertz CT molecular complexity index is 328. The summed E-state index contributed by atoms with van der Waals surface area (Å²) in [6, 6.07) is 7.59. The Labute approximate surface area is 101 Å². The summed E-state index contributed by atoms with van der Waals surface area (Å²) in [5, 5.41) is 0. The summed E-state index contributed by atoms with van der Waals surface area (Å²) in [6.07, 6.45) is 0.708. The van der Waals surface area contributed by atoms with Gasteiger partial charge in [-0.1, -0.05) is 68.6 Å². The summed E-state index contributed by atoms with van der Waals surface area (Å²) in [7, 11) is 0. The first kappa shape index (κ1) is 11.9. The van der Waals surface area contributed by atoms with Crippen molar-refractivity contribution in [2.75, 3.05) is 0 Å². The Balaban J connectivity index is 2.96. The van der Waals surface area contributed by atoms with Crippen molar-refractivity contribution in [3.8, 4) is 0 Å². The first-order valence-electron chi connectivity index (χ1n) is 4.46. The molecule has 0 fully saturated rings. The number of rotatable bonds is 3. The SMILES string of the molecule is CCC(Br)(Br)C(=O)c1ccc(C)cc1. The van der Waals surface area contributed by atoms with Crippen molar-refractivity contribution in [3.63, 3.8) is 0 Å². The highest BCUT2D eigenvalue weighted by atomic mass is 79.9. The number of hydrogen-bond acceptors (Lipinski definition) is 1. The summed E-state index contributed by atoms with van der Waals surface area (Å²) in [4.78, 5) is 11.9. The minimum absolute atomic E-state index is 0.0694. The van der Waals surface area contributed by atoms with Gasteiger partial charge in [0.15, 0.2) is 5.78 Å². The average molecular weight is 320 g/mol. The quantitative estimate of drug-likeness (QED) is 0.606. The van der Waals surface area contributed by atoms with Crippen molar-refractivity contribution >= 4 is 37.6 Å². The number of aryl methyl sites for hydroxylation is 1. The monoisotopic (exact) mass is 318 g/mol. The second kappa shape index (κ2) is 4.58. The molecule has 76 valence electrons. The Morgan fingerprint density at radius 1 is 1.29 bits per heavy atom. The molecule has 3 heteroatoms. The molecule has 1 aromatic carbocycles. The molecule has 0 unspecified atom stereocenters. The van der Waals surface area contributed by atoms with Gasteiger partial charge in [-0.05, 0) is 13.3 Å². The number of Topliss-reactive ketones (excluding diaryl/α,β-unsaturated/α-hetero) is 1. The van der Waals surface area contributed by atoms with Crippen LogP contribution < -0.4 is 0 Å². The molecule has 0 aliphatic rings. The van der Waals surface area contributed by atoms with E-state index < -0.39 is 3.23 Å².